The molecule has 0 aliphatic rings. The number of esters is 1. The van der Waals surface area contributed by atoms with Crippen LogP contribution >= 0.6 is 7.37 Å². The number of rotatable bonds is 11. The van der Waals surface area contributed by atoms with Crippen LogP contribution in [0.5, 0.6) is 0 Å². The normalized spacial score (nSPS) is 15.2. The second kappa shape index (κ2) is 10.8. The van der Waals surface area contributed by atoms with E-state index in [2.05, 4.69) is 27.7 Å². The van der Waals surface area contributed by atoms with Crippen LogP contribution in [0.3, 0.4) is 0 Å². The summed E-state index contributed by atoms with van der Waals surface area (Å²) in [5.41, 5.74) is 0. The summed E-state index contributed by atoms with van der Waals surface area (Å²) in [4.78, 5) is 12.2. The zero-order valence-corrected chi connectivity index (χ0v) is 17.1. The SMILES string of the molecule is CC(C)CCOC(=O)C(C)CP(=O)(OCCC(C)C)c1ccccc1. The average molecular weight is 368 g/mol. The Morgan fingerprint density at radius 2 is 1.52 bits per heavy atom. The Morgan fingerprint density at radius 3 is 2.08 bits per heavy atom. The minimum Gasteiger partial charge on any atom is -0.465 e. The van der Waals surface area contributed by atoms with E-state index >= 15 is 0 Å². The van der Waals surface area contributed by atoms with Crippen LogP contribution in [0.1, 0.15) is 47.5 Å². The maximum atomic E-state index is 13.5. The number of benzene rings is 1. The second-order valence-electron chi connectivity index (χ2n) is 7.46. The van der Waals surface area contributed by atoms with Gasteiger partial charge < -0.3 is 9.26 Å². The van der Waals surface area contributed by atoms with E-state index in [1.54, 1.807) is 6.92 Å². The zero-order valence-electron chi connectivity index (χ0n) is 16.2. The lowest BCUT2D eigenvalue weighted by molar-refractivity contribution is -0.147. The Bertz CT molecular complexity index is 554. The first kappa shape index (κ1) is 21.9. The summed E-state index contributed by atoms with van der Waals surface area (Å²) < 4.78 is 24.6. The first-order valence-corrected chi connectivity index (χ1v) is 11.0. The summed E-state index contributed by atoms with van der Waals surface area (Å²) in [6.07, 6.45) is 1.85. The van der Waals surface area contributed by atoms with Gasteiger partial charge >= 0.3 is 5.97 Å². The summed E-state index contributed by atoms with van der Waals surface area (Å²) in [7, 11) is -3.09. The Labute approximate surface area is 152 Å². The molecule has 0 aromatic heterocycles. The molecule has 0 aliphatic carbocycles. The molecular weight excluding hydrogens is 335 g/mol. The molecule has 0 spiro atoms. The second-order valence-corrected chi connectivity index (χ2v) is 9.94. The van der Waals surface area contributed by atoms with Crippen LogP contribution in [0.15, 0.2) is 30.3 Å². The molecular formula is C20H33O4P. The molecule has 1 rings (SSSR count). The summed E-state index contributed by atoms with van der Waals surface area (Å²) >= 11 is 0. The van der Waals surface area contributed by atoms with Crippen LogP contribution in [0, 0.1) is 17.8 Å². The van der Waals surface area contributed by atoms with E-state index in [-0.39, 0.29) is 12.1 Å². The van der Waals surface area contributed by atoms with Crippen LogP contribution in [-0.4, -0.2) is 25.3 Å². The van der Waals surface area contributed by atoms with Gasteiger partial charge in [0.25, 0.3) is 0 Å². The van der Waals surface area contributed by atoms with Crippen molar-refractivity contribution in [3.8, 4) is 0 Å². The van der Waals surface area contributed by atoms with Crippen molar-refractivity contribution in [3.63, 3.8) is 0 Å². The molecule has 5 heteroatoms. The fraction of sp³-hybridized carbons (Fsp3) is 0.650. The molecule has 0 radical (unpaired) electrons. The van der Waals surface area contributed by atoms with Gasteiger partial charge in [-0.05, 0) is 36.8 Å². The molecule has 0 heterocycles. The van der Waals surface area contributed by atoms with Gasteiger partial charge in [-0.1, -0.05) is 52.8 Å². The molecule has 1 aromatic carbocycles. The Hall–Kier alpha value is -1.12. The number of ether oxygens (including phenoxy) is 1. The predicted molar refractivity (Wildman–Crippen MR) is 104 cm³/mol. The van der Waals surface area contributed by atoms with Crippen LogP contribution in [-0.2, 0) is 18.6 Å². The highest BCUT2D eigenvalue weighted by Gasteiger charge is 2.31. The van der Waals surface area contributed by atoms with Crippen molar-refractivity contribution < 1.29 is 18.6 Å². The molecule has 0 saturated heterocycles. The van der Waals surface area contributed by atoms with Crippen molar-refractivity contribution in [2.45, 2.75) is 47.5 Å². The lowest BCUT2D eigenvalue weighted by atomic mass is 10.1. The van der Waals surface area contributed by atoms with E-state index in [0.29, 0.717) is 30.4 Å². The van der Waals surface area contributed by atoms with Gasteiger partial charge in [-0.2, -0.15) is 0 Å². The number of hydrogen-bond donors (Lipinski definition) is 0. The standard InChI is InChI=1S/C20H33O4P/c1-16(2)11-13-23-20(21)18(5)15-25(22,24-14-12-17(3)4)19-9-7-6-8-10-19/h6-10,16-18H,11-15H2,1-5H3. The summed E-state index contributed by atoms with van der Waals surface area (Å²) in [6.45, 7) is 11.0. The minimum absolute atomic E-state index is 0.176. The van der Waals surface area contributed by atoms with E-state index in [0.717, 1.165) is 12.8 Å². The van der Waals surface area contributed by atoms with E-state index in [9.17, 15) is 9.36 Å². The van der Waals surface area contributed by atoms with Crippen molar-refractivity contribution in [3.05, 3.63) is 30.3 Å². The molecule has 142 valence electrons. The number of carbonyl (C=O) groups excluding carboxylic acids is 1. The highest BCUT2D eigenvalue weighted by Crippen LogP contribution is 2.47. The molecule has 0 saturated carbocycles. The summed E-state index contributed by atoms with van der Waals surface area (Å²) in [6, 6.07) is 9.20. The van der Waals surface area contributed by atoms with E-state index in [1.165, 1.54) is 0 Å². The predicted octanol–water partition coefficient (Wildman–Crippen LogP) is 4.88. The highest BCUT2D eigenvalue weighted by atomic mass is 31.2. The van der Waals surface area contributed by atoms with Gasteiger partial charge in [0.05, 0.1) is 19.1 Å². The maximum Gasteiger partial charge on any atom is 0.309 e. The van der Waals surface area contributed by atoms with Crippen molar-refractivity contribution in [2.75, 3.05) is 19.4 Å². The quantitative estimate of drug-likeness (QED) is 0.413. The lowest BCUT2D eigenvalue weighted by Gasteiger charge is -2.22. The van der Waals surface area contributed by atoms with E-state index in [4.69, 9.17) is 9.26 Å². The van der Waals surface area contributed by atoms with Crippen LogP contribution < -0.4 is 5.30 Å². The van der Waals surface area contributed by atoms with Crippen molar-refractivity contribution in [1.82, 2.24) is 0 Å². The third-order valence-corrected chi connectivity index (χ3v) is 6.71. The fourth-order valence-electron chi connectivity index (χ4n) is 2.30. The van der Waals surface area contributed by atoms with Gasteiger partial charge in [-0.15, -0.1) is 0 Å². The van der Waals surface area contributed by atoms with Gasteiger partial charge in [0.15, 0.2) is 0 Å². The van der Waals surface area contributed by atoms with Crippen molar-refractivity contribution in [2.24, 2.45) is 17.8 Å². The van der Waals surface area contributed by atoms with Gasteiger partial charge in [0, 0.05) is 11.5 Å². The Balaban J connectivity index is 2.75. The van der Waals surface area contributed by atoms with Crippen LogP contribution in [0.25, 0.3) is 0 Å². The van der Waals surface area contributed by atoms with Crippen LogP contribution in [0.2, 0.25) is 0 Å². The topological polar surface area (TPSA) is 52.6 Å². The third kappa shape index (κ3) is 8.20. The molecule has 0 fully saturated rings. The lowest BCUT2D eigenvalue weighted by Crippen LogP contribution is -2.23. The van der Waals surface area contributed by atoms with Gasteiger partial charge in [0.2, 0.25) is 7.37 Å². The first-order chi connectivity index (χ1) is 11.7. The first-order valence-electron chi connectivity index (χ1n) is 9.20. The molecule has 0 amide bonds. The molecule has 0 aliphatic heterocycles. The molecule has 0 bridgehead atoms. The number of carbonyl (C=O) groups is 1. The number of hydrogen-bond acceptors (Lipinski definition) is 4. The highest BCUT2D eigenvalue weighted by molar-refractivity contribution is 7.67. The summed E-state index contributed by atoms with van der Waals surface area (Å²) in [5, 5.41) is 0.667. The van der Waals surface area contributed by atoms with Crippen molar-refractivity contribution in [1.29, 1.82) is 0 Å². The van der Waals surface area contributed by atoms with Gasteiger partial charge in [0.1, 0.15) is 0 Å². The molecule has 2 unspecified atom stereocenters. The average Bonchev–Trinajstić information content (AvgIpc) is 2.54. The van der Waals surface area contributed by atoms with Crippen LogP contribution in [0.4, 0.5) is 0 Å². The molecule has 0 N–H and O–H groups in total. The molecule has 4 nitrogen and oxygen atoms in total. The Morgan fingerprint density at radius 1 is 0.960 bits per heavy atom. The maximum absolute atomic E-state index is 13.5. The minimum atomic E-state index is -3.09. The van der Waals surface area contributed by atoms with Gasteiger partial charge in [-0.25, -0.2) is 0 Å². The molecule has 1 aromatic rings. The molecule has 2 atom stereocenters. The Kier molecular flexibility index (Phi) is 9.45. The smallest absolute Gasteiger partial charge is 0.309 e. The third-order valence-electron chi connectivity index (χ3n) is 4.00. The fourth-order valence-corrected chi connectivity index (χ4v) is 4.66. The largest absolute Gasteiger partial charge is 0.465 e. The summed E-state index contributed by atoms with van der Waals surface area (Å²) in [5.74, 6) is 0.196. The van der Waals surface area contributed by atoms with Gasteiger partial charge in [-0.3, -0.25) is 9.36 Å². The monoisotopic (exact) mass is 368 g/mol. The van der Waals surface area contributed by atoms with E-state index < -0.39 is 13.3 Å². The zero-order chi connectivity index (χ0) is 18.9. The molecule has 25 heavy (non-hydrogen) atoms. The van der Waals surface area contributed by atoms with Crippen molar-refractivity contribution >= 4 is 18.6 Å². The van der Waals surface area contributed by atoms with E-state index in [1.807, 2.05) is 30.3 Å².